The van der Waals surface area contributed by atoms with Gasteiger partial charge < -0.3 is 9.84 Å². The molecule has 1 saturated heterocycles. The highest BCUT2D eigenvalue weighted by Crippen LogP contribution is 2.31. The van der Waals surface area contributed by atoms with Crippen molar-refractivity contribution in [2.45, 2.75) is 12.5 Å². The topological polar surface area (TPSA) is 62.7 Å². The number of aromatic nitrogens is 1. The lowest BCUT2D eigenvalue weighted by molar-refractivity contribution is -0.139. The van der Waals surface area contributed by atoms with Crippen LogP contribution in [0.2, 0.25) is 0 Å². The molecule has 104 valence electrons. The maximum absolute atomic E-state index is 11.1. The first-order chi connectivity index (χ1) is 9.08. The quantitative estimate of drug-likeness (QED) is 0.851. The summed E-state index contributed by atoms with van der Waals surface area (Å²) < 4.78 is 6.99. The van der Waals surface area contributed by atoms with Crippen molar-refractivity contribution in [3.63, 3.8) is 0 Å². The van der Waals surface area contributed by atoms with Gasteiger partial charge in [0.1, 0.15) is 0 Å². The summed E-state index contributed by atoms with van der Waals surface area (Å²) in [7, 11) is 0. The van der Waals surface area contributed by atoms with Crippen LogP contribution in [0.5, 0.6) is 0 Å². The number of carboxylic acid groups (broad SMARTS) is 1. The summed E-state index contributed by atoms with van der Waals surface area (Å²) in [5, 5.41) is 9.11. The van der Waals surface area contributed by atoms with Gasteiger partial charge in [-0.2, -0.15) is 0 Å². The van der Waals surface area contributed by atoms with Crippen molar-refractivity contribution in [2.24, 2.45) is 0 Å². The average Bonchev–Trinajstić information content (AvgIpc) is 2.37. The van der Waals surface area contributed by atoms with E-state index >= 15 is 0 Å². The van der Waals surface area contributed by atoms with Crippen LogP contribution in [0.15, 0.2) is 21.2 Å². The Hall–Kier alpha value is -0.500. The van der Waals surface area contributed by atoms with Crippen molar-refractivity contribution in [3.8, 4) is 0 Å². The minimum absolute atomic E-state index is 0.0350. The van der Waals surface area contributed by atoms with E-state index in [0.29, 0.717) is 13.2 Å². The molecule has 0 radical (unpaired) electrons. The molecule has 1 fully saturated rings. The number of carbonyl (C=O) groups is 1. The molecule has 0 spiro atoms. The molecule has 1 aromatic rings. The predicted molar refractivity (Wildman–Crippen MR) is 77.0 cm³/mol. The minimum Gasteiger partial charge on any atom is -0.481 e. The van der Waals surface area contributed by atoms with E-state index in [1.54, 1.807) is 6.20 Å². The molecule has 0 aliphatic carbocycles. The van der Waals surface area contributed by atoms with Crippen molar-refractivity contribution in [1.29, 1.82) is 0 Å². The van der Waals surface area contributed by atoms with Crippen LogP contribution in [0, 0.1) is 0 Å². The number of rotatable bonds is 4. The van der Waals surface area contributed by atoms with Gasteiger partial charge in [-0.1, -0.05) is 0 Å². The number of carboxylic acids is 1. The number of ether oxygens (including phenoxy) is 1. The molecule has 0 bridgehead atoms. The molecule has 1 unspecified atom stereocenters. The van der Waals surface area contributed by atoms with Gasteiger partial charge in [-0.3, -0.25) is 14.7 Å². The van der Waals surface area contributed by atoms with Crippen molar-refractivity contribution in [1.82, 2.24) is 9.88 Å². The summed E-state index contributed by atoms with van der Waals surface area (Å²) >= 11 is 6.81. The zero-order valence-corrected chi connectivity index (χ0v) is 13.4. The monoisotopic (exact) mass is 392 g/mol. The molecule has 19 heavy (non-hydrogen) atoms. The number of halogens is 2. The molecular formula is C12H14Br2N2O3. The third-order valence-electron chi connectivity index (χ3n) is 3.01. The molecule has 2 heterocycles. The summed E-state index contributed by atoms with van der Waals surface area (Å²) in [5.41, 5.74) is 0.757. The van der Waals surface area contributed by atoms with Crippen molar-refractivity contribution < 1.29 is 14.6 Å². The fourth-order valence-electron chi connectivity index (χ4n) is 2.12. The van der Waals surface area contributed by atoms with Gasteiger partial charge >= 0.3 is 5.97 Å². The van der Waals surface area contributed by atoms with Crippen molar-refractivity contribution in [3.05, 3.63) is 26.9 Å². The SMILES string of the molecule is O=C(O)CC(c1ncc(Br)cc1Br)N1CCOCC1. The first-order valence-electron chi connectivity index (χ1n) is 5.92. The normalized spacial score (nSPS) is 18.2. The molecular weight excluding hydrogens is 380 g/mol. The molecule has 0 saturated carbocycles. The van der Waals surface area contributed by atoms with Crippen LogP contribution in [0.4, 0.5) is 0 Å². The Bertz CT molecular complexity index is 464. The van der Waals surface area contributed by atoms with Gasteiger partial charge in [0.15, 0.2) is 0 Å². The second-order valence-corrected chi connectivity index (χ2v) is 6.05. The second-order valence-electron chi connectivity index (χ2n) is 4.28. The van der Waals surface area contributed by atoms with E-state index in [0.717, 1.165) is 27.7 Å². The zero-order valence-electron chi connectivity index (χ0n) is 10.2. The Morgan fingerprint density at radius 3 is 2.74 bits per heavy atom. The van der Waals surface area contributed by atoms with Crippen LogP contribution >= 0.6 is 31.9 Å². The lowest BCUT2D eigenvalue weighted by Crippen LogP contribution is -2.40. The van der Waals surface area contributed by atoms with E-state index in [2.05, 4.69) is 41.7 Å². The smallest absolute Gasteiger partial charge is 0.305 e. The van der Waals surface area contributed by atoms with Gasteiger partial charge in [-0.05, 0) is 37.9 Å². The number of pyridine rings is 1. The molecule has 1 aliphatic heterocycles. The van der Waals surface area contributed by atoms with Crippen LogP contribution in [0.3, 0.4) is 0 Å². The minimum atomic E-state index is -0.826. The molecule has 1 N–H and O–H groups in total. The number of hydrogen-bond acceptors (Lipinski definition) is 4. The summed E-state index contributed by atoms with van der Waals surface area (Å²) in [6.45, 7) is 2.71. The highest BCUT2D eigenvalue weighted by molar-refractivity contribution is 9.11. The van der Waals surface area contributed by atoms with Gasteiger partial charge in [-0.25, -0.2) is 0 Å². The van der Waals surface area contributed by atoms with E-state index in [-0.39, 0.29) is 12.5 Å². The molecule has 2 rings (SSSR count). The van der Waals surface area contributed by atoms with Crippen LogP contribution in [-0.2, 0) is 9.53 Å². The summed E-state index contributed by atoms with van der Waals surface area (Å²) in [5.74, 6) is -0.826. The molecule has 1 atom stereocenters. The fourth-order valence-corrected chi connectivity index (χ4v) is 3.38. The van der Waals surface area contributed by atoms with Crippen LogP contribution in [0.1, 0.15) is 18.2 Å². The Kier molecular flexibility index (Phi) is 5.32. The Labute approximate surface area is 128 Å². The van der Waals surface area contributed by atoms with Gasteiger partial charge in [0.25, 0.3) is 0 Å². The van der Waals surface area contributed by atoms with Gasteiger partial charge in [0, 0.05) is 28.2 Å². The first-order valence-corrected chi connectivity index (χ1v) is 7.51. The molecule has 1 aromatic heterocycles. The van der Waals surface area contributed by atoms with Gasteiger partial charge in [0.05, 0.1) is 31.4 Å². The Morgan fingerprint density at radius 1 is 1.47 bits per heavy atom. The van der Waals surface area contributed by atoms with Crippen molar-refractivity contribution in [2.75, 3.05) is 26.3 Å². The molecule has 1 aliphatic rings. The fraction of sp³-hybridized carbons (Fsp3) is 0.500. The van der Waals surface area contributed by atoms with Crippen LogP contribution < -0.4 is 0 Å². The number of morpholine rings is 1. The predicted octanol–water partition coefficient (Wildman–Crippen LogP) is 2.45. The van der Waals surface area contributed by atoms with Crippen LogP contribution in [0.25, 0.3) is 0 Å². The molecule has 0 amide bonds. The third kappa shape index (κ3) is 3.98. The number of aliphatic carboxylic acids is 1. The Morgan fingerprint density at radius 2 is 2.16 bits per heavy atom. The maximum Gasteiger partial charge on any atom is 0.305 e. The Balaban J connectivity index is 2.27. The summed E-state index contributed by atoms with van der Waals surface area (Å²) in [4.78, 5) is 17.6. The zero-order chi connectivity index (χ0) is 13.8. The second kappa shape index (κ2) is 6.78. The molecule has 5 nitrogen and oxygen atoms in total. The number of nitrogens with zero attached hydrogens (tertiary/aromatic N) is 2. The molecule has 0 aromatic carbocycles. The number of hydrogen-bond donors (Lipinski definition) is 1. The van der Waals surface area contributed by atoms with Crippen LogP contribution in [-0.4, -0.2) is 47.3 Å². The van der Waals surface area contributed by atoms with E-state index in [1.807, 2.05) is 6.07 Å². The van der Waals surface area contributed by atoms with E-state index in [1.165, 1.54) is 0 Å². The summed E-state index contributed by atoms with van der Waals surface area (Å²) in [6.07, 6.45) is 1.72. The first kappa shape index (κ1) is 14.9. The van der Waals surface area contributed by atoms with E-state index in [9.17, 15) is 4.79 Å². The summed E-state index contributed by atoms with van der Waals surface area (Å²) in [6, 6.07) is 1.65. The maximum atomic E-state index is 11.1. The lowest BCUT2D eigenvalue weighted by atomic mass is 10.1. The van der Waals surface area contributed by atoms with E-state index in [4.69, 9.17) is 9.84 Å². The highest BCUT2D eigenvalue weighted by Gasteiger charge is 2.27. The highest BCUT2D eigenvalue weighted by atomic mass is 79.9. The lowest BCUT2D eigenvalue weighted by Gasteiger charge is -2.33. The van der Waals surface area contributed by atoms with Crippen molar-refractivity contribution >= 4 is 37.8 Å². The standard InChI is InChI=1S/C12H14Br2N2O3/c13-8-5-9(14)12(15-7-8)10(6-11(17)18)16-1-3-19-4-2-16/h5,7,10H,1-4,6H2,(H,17,18). The third-order valence-corrected chi connectivity index (χ3v) is 4.08. The van der Waals surface area contributed by atoms with Gasteiger partial charge in [-0.15, -0.1) is 0 Å². The van der Waals surface area contributed by atoms with E-state index < -0.39 is 5.97 Å². The molecule has 7 heteroatoms. The van der Waals surface area contributed by atoms with Gasteiger partial charge in [0.2, 0.25) is 0 Å². The largest absolute Gasteiger partial charge is 0.481 e. The average molecular weight is 394 g/mol.